The quantitative estimate of drug-likeness (QED) is 0.325. The van der Waals surface area contributed by atoms with Crippen molar-refractivity contribution in [2.45, 2.75) is 75.9 Å². The first-order valence-corrected chi connectivity index (χ1v) is 12.2. The molecule has 11 heteroatoms. The predicted molar refractivity (Wildman–Crippen MR) is 119 cm³/mol. The van der Waals surface area contributed by atoms with Gasteiger partial charge in [-0.15, -0.1) is 0 Å². The van der Waals surface area contributed by atoms with Crippen LogP contribution in [-0.4, -0.2) is 56.5 Å². The molecule has 3 nitrogen and oxygen atoms in total. The zero-order valence-electron chi connectivity index (χ0n) is 20.0. The molecule has 3 aliphatic carbocycles. The molecule has 0 bridgehead atoms. The highest BCUT2D eigenvalue weighted by Gasteiger charge is 2.54. The van der Waals surface area contributed by atoms with Gasteiger partial charge in [-0.1, -0.05) is 25.5 Å². The van der Waals surface area contributed by atoms with Crippen LogP contribution in [0.15, 0.2) is 58.7 Å². The molecule has 0 N–H and O–H groups in total. The summed E-state index contributed by atoms with van der Waals surface area (Å²) in [4.78, 5) is 0. The Balaban J connectivity index is 1.45. The molecule has 0 spiro atoms. The van der Waals surface area contributed by atoms with Gasteiger partial charge in [0.05, 0.1) is 13.2 Å². The van der Waals surface area contributed by atoms with Crippen LogP contribution in [0.1, 0.15) is 32.6 Å². The normalized spacial score (nSPS) is 37.2. The van der Waals surface area contributed by atoms with Gasteiger partial charge in [0.2, 0.25) is 0 Å². The molecule has 5 unspecified atom stereocenters. The first-order valence-electron chi connectivity index (χ1n) is 12.2. The van der Waals surface area contributed by atoms with Crippen LogP contribution in [-0.2, 0) is 14.2 Å². The number of hydrogen-bond donors (Lipinski definition) is 0. The van der Waals surface area contributed by atoms with Gasteiger partial charge in [-0.2, -0.15) is 8.78 Å². The van der Waals surface area contributed by atoms with E-state index in [0.29, 0.717) is 24.9 Å². The second-order valence-corrected chi connectivity index (χ2v) is 9.68. The molecule has 37 heavy (non-hydrogen) atoms. The van der Waals surface area contributed by atoms with Crippen molar-refractivity contribution in [2.75, 3.05) is 13.2 Å². The predicted octanol–water partition coefficient (Wildman–Crippen LogP) is 7.03. The van der Waals surface area contributed by atoms with Crippen LogP contribution < -0.4 is 0 Å². The molecule has 206 valence electrons. The van der Waals surface area contributed by atoms with Crippen molar-refractivity contribution in [3.8, 4) is 0 Å². The lowest BCUT2D eigenvalue weighted by Gasteiger charge is -2.36. The van der Waals surface area contributed by atoms with Gasteiger partial charge in [0.15, 0.2) is 18.6 Å². The van der Waals surface area contributed by atoms with E-state index in [9.17, 15) is 30.7 Å². The van der Waals surface area contributed by atoms with Crippen LogP contribution in [0.25, 0.3) is 0 Å². The van der Waals surface area contributed by atoms with Crippen LogP contribution in [0, 0.1) is 11.8 Å². The Morgan fingerprint density at radius 1 is 0.973 bits per heavy atom. The Kier molecular flexibility index (Phi) is 8.52. The summed E-state index contributed by atoms with van der Waals surface area (Å²) in [5, 5.41) is 0. The number of alkyl halides is 7. The molecule has 6 atom stereocenters. The first kappa shape index (κ1) is 27.9. The molecule has 0 aromatic carbocycles. The van der Waals surface area contributed by atoms with E-state index in [-0.39, 0.29) is 35.6 Å². The fourth-order valence-electron chi connectivity index (χ4n) is 4.96. The summed E-state index contributed by atoms with van der Waals surface area (Å²) in [6, 6.07) is 0. The Morgan fingerprint density at radius 2 is 1.68 bits per heavy atom. The Bertz CT molecular complexity index is 996. The Labute approximate surface area is 209 Å². The molecule has 0 amide bonds. The fourth-order valence-corrected chi connectivity index (χ4v) is 4.96. The minimum atomic E-state index is -4.53. The zero-order valence-corrected chi connectivity index (χ0v) is 20.0. The zero-order chi connectivity index (χ0) is 26.9. The molecule has 0 radical (unpaired) electrons. The van der Waals surface area contributed by atoms with E-state index in [4.69, 9.17) is 9.47 Å². The number of rotatable bonds is 7. The monoisotopic (exact) mass is 540 g/mol. The van der Waals surface area contributed by atoms with Crippen molar-refractivity contribution in [2.24, 2.45) is 11.8 Å². The Hall–Kier alpha value is -2.14. The van der Waals surface area contributed by atoms with Gasteiger partial charge in [0.1, 0.15) is 36.0 Å². The molecule has 4 aliphatic rings. The third-order valence-electron chi connectivity index (χ3n) is 6.86. The van der Waals surface area contributed by atoms with E-state index in [1.54, 1.807) is 6.08 Å². The van der Waals surface area contributed by atoms with E-state index in [1.165, 1.54) is 6.08 Å². The number of ether oxygens (including phenoxy) is 3. The number of halogens is 8. The van der Waals surface area contributed by atoms with Crippen molar-refractivity contribution in [3.63, 3.8) is 0 Å². The van der Waals surface area contributed by atoms with Crippen molar-refractivity contribution in [1.29, 1.82) is 0 Å². The average Bonchev–Trinajstić information content (AvgIpc) is 2.82. The van der Waals surface area contributed by atoms with Gasteiger partial charge in [0, 0.05) is 24.8 Å². The van der Waals surface area contributed by atoms with Crippen LogP contribution >= 0.6 is 0 Å². The highest BCUT2D eigenvalue weighted by atomic mass is 19.3. The van der Waals surface area contributed by atoms with Crippen LogP contribution in [0.4, 0.5) is 35.1 Å². The maximum absolute atomic E-state index is 15.0. The van der Waals surface area contributed by atoms with Crippen molar-refractivity contribution in [3.05, 3.63) is 58.7 Å². The summed E-state index contributed by atoms with van der Waals surface area (Å²) in [6.07, 6.45) is -12.2. The van der Waals surface area contributed by atoms with Gasteiger partial charge in [0.25, 0.3) is 0 Å². The highest BCUT2D eigenvalue weighted by Crippen LogP contribution is 2.45. The molecule has 0 aromatic heterocycles. The molecule has 4 rings (SSSR count). The summed E-state index contributed by atoms with van der Waals surface area (Å²) in [6.45, 7) is 2.99. The SMILES string of the molecule is CCCC1COC(C2=CC=C(C3=CC(F)C(C(F)(F)OC4=C[C@H](F)C(F)C(F)=C4)C(F)C3)C(F)C2)OC1. The molecular weight excluding hydrogens is 512 g/mol. The third-order valence-corrected chi connectivity index (χ3v) is 6.86. The standard InChI is InChI=1S/C26H28F8O3/c1-2-3-13-11-35-25(36-12-13)14-4-5-17(18(27)6-14)15-7-19(28)23(20(29)8-15)26(33,34)37-16-9-21(30)24(32)22(31)10-16/h4-5,7,9-10,13,18-21,23-25H,2-3,6,8,11-12H2,1H3/t13?,18?,19?,20?,21-,23?,24?,25?/m0/s1. The maximum Gasteiger partial charge on any atom is 0.406 e. The fraction of sp³-hybridized carbons (Fsp3) is 0.615. The summed E-state index contributed by atoms with van der Waals surface area (Å²) in [7, 11) is 0. The van der Waals surface area contributed by atoms with Crippen LogP contribution in [0.2, 0.25) is 0 Å². The van der Waals surface area contributed by atoms with Crippen LogP contribution in [0.3, 0.4) is 0 Å². The summed E-state index contributed by atoms with van der Waals surface area (Å²) in [5.41, 5.74) is 0.387. The summed E-state index contributed by atoms with van der Waals surface area (Å²) < 4.78 is 130. The van der Waals surface area contributed by atoms with Crippen molar-refractivity contribution in [1.82, 2.24) is 0 Å². The lowest BCUT2D eigenvalue weighted by Crippen LogP contribution is -2.45. The highest BCUT2D eigenvalue weighted by molar-refractivity contribution is 5.44. The van der Waals surface area contributed by atoms with Gasteiger partial charge < -0.3 is 14.2 Å². The minimum Gasteiger partial charge on any atom is -0.432 e. The third kappa shape index (κ3) is 6.13. The lowest BCUT2D eigenvalue weighted by atomic mass is 9.80. The topological polar surface area (TPSA) is 27.7 Å². The van der Waals surface area contributed by atoms with E-state index in [0.717, 1.165) is 12.8 Å². The largest absolute Gasteiger partial charge is 0.432 e. The molecule has 0 aromatic rings. The first-order chi connectivity index (χ1) is 17.5. The molecule has 1 fully saturated rings. The molecule has 0 saturated carbocycles. The van der Waals surface area contributed by atoms with E-state index >= 15 is 4.39 Å². The minimum absolute atomic E-state index is 0.0364. The van der Waals surface area contributed by atoms with Gasteiger partial charge >= 0.3 is 6.11 Å². The molecule has 1 aliphatic heterocycles. The molecular formula is C26H28F8O3. The van der Waals surface area contributed by atoms with Gasteiger partial charge in [-0.05, 0) is 35.3 Å². The van der Waals surface area contributed by atoms with Crippen molar-refractivity contribution < 1.29 is 49.3 Å². The Morgan fingerprint density at radius 3 is 2.27 bits per heavy atom. The summed E-state index contributed by atoms with van der Waals surface area (Å²) in [5.74, 6) is -5.17. The average molecular weight is 540 g/mol. The smallest absolute Gasteiger partial charge is 0.406 e. The second-order valence-electron chi connectivity index (χ2n) is 9.68. The molecule has 1 saturated heterocycles. The summed E-state index contributed by atoms with van der Waals surface area (Å²) >= 11 is 0. The molecule has 1 heterocycles. The lowest BCUT2D eigenvalue weighted by molar-refractivity contribution is -0.268. The van der Waals surface area contributed by atoms with E-state index < -0.39 is 67.2 Å². The number of allylic oxidation sites excluding steroid dienone is 8. The van der Waals surface area contributed by atoms with Crippen molar-refractivity contribution >= 4 is 0 Å². The van der Waals surface area contributed by atoms with Gasteiger partial charge in [-0.25, -0.2) is 26.3 Å². The van der Waals surface area contributed by atoms with Crippen LogP contribution in [0.5, 0.6) is 0 Å². The van der Waals surface area contributed by atoms with E-state index in [1.807, 2.05) is 6.92 Å². The number of hydrogen-bond acceptors (Lipinski definition) is 3. The van der Waals surface area contributed by atoms with E-state index in [2.05, 4.69) is 4.74 Å². The second kappa shape index (κ2) is 11.3. The maximum atomic E-state index is 15.0. The van der Waals surface area contributed by atoms with Gasteiger partial charge in [-0.3, -0.25) is 0 Å².